The van der Waals surface area contributed by atoms with Gasteiger partial charge in [-0.3, -0.25) is 9.59 Å². The van der Waals surface area contributed by atoms with Gasteiger partial charge >= 0.3 is 5.97 Å². The second-order valence-corrected chi connectivity index (χ2v) is 11.3. The summed E-state index contributed by atoms with van der Waals surface area (Å²) in [7, 11) is 0. The molecule has 180 valence electrons. The molecule has 0 spiro atoms. The van der Waals surface area contributed by atoms with Gasteiger partial charge in [-0.05, 0) is 68.1 Å². The van der Waals surface area contributed by atoms with Crippen LogP contribution < -0.4 is 0 Å². The van der Waals surface area contributed by atoms with Gasteiger partial charge in [-0.2, -0.15) is 0 Å². The van der Waals surface area contributed by atoms with Gasteiger partial charge < -0.3 is 9.84 Å². The highest BCUT2D eigenvalue weighted by Crippen LogP contribution is 2.66. The first-order chi connectivity index (χ1) is 16.1. The van der Waals surface area contributed by atoms with Crippen LogP contribution in [0.2, 0.25) is 0 Å². The molecule has 1 N–H and O–H groups in total. The van der Waals surface area contributed by atoms with Gasteiger partial charge in [0.1, 0.15) is 5.60 Å². The average molecular weight is 463 g/mol. The van der Waals surface area contributed by atoms with Crippen LogP contribution in [-0.4, -0.2) is 34.9 Å². The van der Waals surface area contributed by atoms with Crippen molar-refractivity contribution in [2.24, 2.45) is 28.6 Å². The molecule has 5 rings (SSSR count). The minimum absolute atomic E-state index is 0.0860. The van der Waals surface area contributed by atoms with Gasteiger partial charge in [0.25, 0.3) is 0 Å². The van der Waals surface area contributed by atoms with Gasteiger partial charge in [-0.1, -0.05) is 56.2 Å². The standard InChI is InChI=1S/C29H34O5/c1-18-15-24-22-10-9-20-16-21(30)11-13-27(20,2)23(22)12-14-28(24,3)29(18,33)25(31)17-34-26(32)19-7-5-4-6-8-19/h4-8,12,16,18,22,24,33H,9-11,13-15,17H2,1-3H3/t18-,22-,24-,27-,28-,29+/m1/s1. The molecule has 34 heavy (non-hydrogen) atoms. The third-order valence-corrected chi connectivity index (χ3v) is 9.69. The Labute approximate surface area is 201 Å². The smallest absolute Gasteiger partial charge is 0.338 e. The van der Waals surface area contributed by atoms with E-state index in [1.54, 1.807) is 24.3 Å². The van der Waals surface area contributed by atoms with E-state index >= 15 is 0 Å². The molecule has 0 saturated heterocycles. The summed E-state index contributed by atoms with van der Waals surface area (Å²) in [5.41, 5.74) is 0.799. The van der Waals surface area contributed by atoms with Gasteiger partial charge in [0, 0.05) is 17.3 Å². The van der Waals surface area contributed by atoms with Crippen molar-refractivity contribution in [3.63, 3.8) is 0 Å². The van der Waals surface area contributed by atoms with Crippen molar-refractivity contribution in [3.8, 4) is 0 Å². The minimum Gasteiger partial charge on any atom is -0.454 e. The average Bonchev–Trinajstić information content (AvgIpc) is 3.05. The third-order valence-electron chi connectivity index (χ3n) is 9.69. The highest BCUT2D eigenvalue weighted by atomic mass is 16.5. The second-order valence-electron chi connectivity index (χ2n) is 11.3. The van der Waals surface area contributed by atoms with Crippen molar-refractivity contribution in [1.29, 1.82) is 0 Å². The van der Waals surface area contributed by atoms with Crippen molar-refractivity contribution in [2.45, 2.75) is 64.9 Å². The first-order valence-corrected chi connectivity index (χ1v) is 12.5. The molecule has 0 radical (unpaired) electrons. The molecular weight excluding hydrogens is 428 g/mol. The topological polar surface area (TPSA) is 80.7 Å². The summed E-state index contributed by atoms with van der Waals surface area (Å²) in [6.45, 7) is 5.84. The summed E-state index contributed by atoms with van der Waals surface area (Å²) in [5, 5.41) is 12.0. The number of allylic oxidation sites excluding steroid dienone is 4. The number of rotatable bonds is 4. The lowest BCUT2D eigenvalue weighted by Gasteiger charge is -2.54. The minimum atomic E-state index is -1.55. The summed E-state index contributed by atoms with van der Waals surface area (Å²) in [5.74, 6) is -0.482. The van der Waals surface area contributed by atoms with Crippen LogP contribution in [0.25, 0.3) is 0 Å². The number of hydrogen-bond donors (Lipinski definition) is 1. The van der Waals surface area contributed by atoms with E-state index in [-0.39, 0.29) is 23.0 Å². The van der Waals surface area contributed by atoms with E-state index in [0.29, 0.717) is 24.3 Å². The Hall–Kier alpha value is -2.53. The Morgan fingerprint density at radius 1 is 1.15 bits per heavy atom. The zero-order chi connectivity index (χ0) is 24.3. The maximum absolute atomic E-state index is 13.5. The lowest BCUT2D eigenvalue weighted by atomic mass is 9.50. The van der Waals surface area contributed by atoms with Crippen LogP contribution in [0.15, 0.2) is 53.6 Å². The van der Waals surface area contributed by atoms with E-state index in [1.165, 1.54) is 11.1 Å². The van der Waals surface area contributed by atoms with E-state index in [2.05, 4.69) is 13.0 Å². The number of carbonyl (C=O) groups excluding carboxylic acids is 3. The molecule has 1 aromatic rings. The number of benzene rings is 1. The van der Waals surface area contributed by atoms with Crippen LogP contribution in [0.3, 0.4) is 0 Å². The fourth-order valence-corrected chi connectivity index (χ4v) is 7.69. The van der Waals surface area contributed by atoms with Crippen molar-refractivity contribution < 1.29 is 24.2 Å². The number of carbonyl (C=O) groups is 3. The van der Waals surface area contributed by atoms with Crippen molar-refractivity contribution in [2.75, 3.05) is 6.61 Å². The quantitative estimate of drug-likeness (QED) is 0.511. The SMILES string of the molecule is C[C@@H]1C[C@@H]2[C@@H]3CCC4=CC(=O)CC[C@@]4(C)C3=CC[C@@]2(C)[C@@]1(O)C(=O)COC(=O)c1ccccc1. The Morgan fingerprint density at radius 3 is 2.62 bits per heavy atom. The summed E-state index contributed by atoms with van der Waals surface area (Å²) >= 11 is 0. The molecule has 0 unspecified atom stereocenters. The van der Waals surface area contributed by atoms with E-state index in [0.717, 1.165) is 25.7 Å². The second kappa shape index (κ2) is 8.01. The molecule has 0 aromatic heterocycles. The van der Waals surface area contributed by atoms with Crippen LogP contribution in [0.4, 0.5) is 0 Å². The normalized spacial score (nSPS) is 38.7. The first kappa shape index (κ1) is 23.2. The van der Waals surface area contributed by atoms with Crippen LogP contribution in [0, 0.1) is 28.6 Å². The Balaban J connectivity index is 1.41. The van der Waals surface area contributed by atoms with Gasteiger partial charge in [0.2, 0.25) is 5.78 Å². The monoisotopic (exact) mass is 462 g/mol. The van der Waals surface area contributed by atoms with Gasteiger partial charge in [0.05, 0.1) is 5.56 Å². The van der Waals surface area contributed by atoms with Crippen molar-refractivity contribution in [3.05, 3.63) is 59.2 Å². The van der Waals surface area contributed by atoms with Gasteiger partial charge in [0.15, 0.2) is 12.4 Å². The molecule has 0 heterocycles. The summed E-state index contributed by atoms with van der Waals surface area (Å²) < 4.78 is 5.34. The third kappa shape index (κ3) is 3.19. The van der Waals surface area contributed by atoms with Crippen LogP contribution in [0.5, 0.6) is 0 Å². The van der Waals surface area contributed by atoms with Crippen molar-refractivity contribution in [1.82, 2.24) is 0 Å². The van der Waals surface area contributed by atoms with Crippen LogP contribution >= 0.6 is 0 Å². The predicted octanol–water partition coefficient (Wildman–Crippen LogP) is 4.84. The molecule has 5 nitrogen and oxygen atoms in total. The highest BCUT2D eigenvalue weighted by molar-refractivity contribution is 5.95. The molecule has 6 atom stereocenters. The maximum Gasteiger partial charge on any atom is 0.338 e. The van der Waals surface area contributed by atoms with E-state index in [4.69, 9.17) is 4.74 Å². The highest BCUT2D eigenvalue weighted by Gasteiger charge is 2.67. The molecular formula is C29H34O5. The molecule has 0 amide bonds. The Bertz CT molecular complexity index is 1100. The molecule has 5 heteroatoms. The van der Waals surface area contributed by atoms with Crippen molar-refractivity contribution >= 4 is 17.5 Å². The van der Waals surface area contributed by atoms with E-state index in [1.807, 2.05) is 26.0 Å². The van der Waals surface area contributed by atoms with Gasteiger partial charge in [-0.15, -0.1) is 0 Å². The number of ether oxygens (including phenoxy) is 1. The zero-order valence-electron chi connectivity index (χ0n) is 20.3. The summed E-state index contributed by atoms with van der Waals surface area (Å²) in [6.07, 6.45) is 8.77. The lowest BCUT2D eigenvalue weighted by molar-refractivity contribution is -0.161. The number of esters is 1. The van der Waals surface area contributed by atoms with Gasteiger partial charge in [-0.25, -0.2) is 4.79 Å². The van der Waals surface area contributed by atoms with Crippen LogP contribution in [0.1, 0.15) is 69.7 Å². The molecule has 1 aromatic carbocycles. The first-order valence-electron chi connectivity index (χ1n) is 12.5. The van der Waals surface area contributed by atoms with E-state index in [9.17, 15) is 19.5 Å². The largest absolute Gasteiger partial charge is 0.454 e. The number of Topliss-reactive ketones (excluding diaryl/α,β-unsaturated/α-hetero) is 1. The predicted molar refractivity (Wildman–Crippen MR) is 128 cm³/mol. The van der Waals surface area contributed by atoms with Crippen LogP contribution in [-0.2, 0) is 14.3 Å². The fourth-order valence-electron chi connectivity index (χ4n) is 7.69. The molecule has 4 aliphatic rings. The summed E-state index contributed by atoms with van der Waals surface area (Å²) in [4.78, 5) is 37.9. The molecule has 0 bridgehead atoms. The Kier molecular flexibility index (Phi) is 5.47. The zero-order valence-corrected chi connectivity index (χ0v) is 20.3. The Morgan fingerprint density at radius 2 is 1.88 bits per heavy atom. The maximum atomic E-state index is 13.5. The summed E-state index contributed by atoms with van der Waals surface area (Å²) in [6, 6.07) is 8.60. The number of hydrogen-bond acceptors (Lipinski definition) is 5. The number of ketones is 2. The fraction of sp³-hybridized carbons (Fsp3) is 0.552. The molecule has 2 saturated carbocycles. The molecule has 0 aliphatic heterocycles. The lowest BCUT2D eigenvalue weighted by Crippen LogP contribution is -2.57. The molecule has 4 aliphatic carbocycles. The number of fused-ring (bicyclic) bond motifs is 5. The molecule has 2 fully saturated rings. The van der Waals surface area contributed by atoms with E-state index < -0.39 is 29.4 Å². The number of aliphatic hydroxyl groups is 1.